The van der Waals surface area contributed by atoms with Crippen molar-refractivity contribution in [1.82, 2.24) is 15.3 Å². The minimum absolute atomic E-state index is 0.160. The first kappa shape index (κ1) is 30.5. The first-order chi connectivity index (χ1) is 20.3. The topological polar surface area (TPSA) is 103 Å². The van der Waals surface area contributed by atoms with E-state index in [9.17, 15) is 18.4 Å². The predicted molar refractivity (Wildman–Crippen MR) is 154 cm³/mol. The maximum Gasteiger partial charge on any atom is 0.252 e. The third kappa shape index (κ3) is 8.08. The molecule has 0 radical (unpaired) electrons. The third-order valence-corrected chi connectivity index (χ3v) is 6.36. The highest BCUT2D eigenvalue weighted by atomic mass is 19.1. The summed E-state index contributed by atoms with van der Waals surface area (Å²) in [5.41, 5.74) is 2.71. The Morgan fingerprint density at radius 1 is 0.952 bits per heavy atom. The summed E-state index contributed by atoms with van der Waals surface area (Å²) in [6.07, 6.45) is 3.01. The van der Waals surface area contributed by atoms with E-state index >= 15 is 0 Å². The summed E-state index contributed by atoms with van der Waals surface area (Å²) < 4.78 is 45.5. The number of halogens is 2. The molecule has 4 aromatic rings. The molecule has 42 heavy (non-hydrogen) atoms. The van der Waals surface area contributed by atoms with Crippen LogP contribution in [0.1, 0.15) is 52.1 Å². The summed E-state index contributed by atoms with van der Waals surface area (Å²) in [4.78, 5) is 32.8. The van der Waals surface area contributed by atoms with Crippen molar-refractivity contribution < 1.29 is 32.6 Å². The van der Waals surface area contributed by atoms with Gasteiger partial charge in [-0.1, -0.05) is 17.7 Å². The number of aryl methyl sites for hydroxylation is 1. The molecule has 0 atom stereocenters. The summed E-state index contributed by atoms with van der Waals surface area (Å²) in [5, 5.41) is 2.84. The zero-order valence-corrected chi connectivity index (χ0v) is 23.7. The molecule has 0 saturated heterocycles. The van der Waals surface area contributed by atoms with Crippen LogP contribution in [0.3, 0.4) is 0 Å². The maximum atomic E-state index is 14.6. The first-order valence-electron chi connectivity index (χ1n) is 13.7. The van der Waals surface area contributed by atoms with Gasteiger partial charge in [-0.2, -0.15) is 0 Å². The molecule has 10 heteroatoms. The number of nitrogens with one attached hydrogen (secondary N) is 2. The van der Waals surface area contributed by atoms with Crippen LogP contribution in [-0.4, -0.2) is 47.7 Å². The van der Waals surface area contributed by atoms with Gasteiger partial charge in [0.05, 0.1) is 17.0 Å². The van der Waals surface area contributed by atoms with Crippen LogP contribution in [0.25, 0.3) is 11.4 Å². The van der Waals surface area contributed by atoms with Crippen molar-refractivity contribution in [1.29, 1.82) is 0 Å². The zero-order valence-electron chi connectivity index (χ0n) is 23.7. The Morgan fingerprint density at radius 3 is 2.48 bits per heavy atom. The average Bonchev–Trinajstić information content (AvgIpc) is 3.47. The summed E-state index contributed by atoms with van der Waals surface area (Å²) in [6, 6.07) is 13.1. The fourth-order valence-electron chi connectivity index (χ4n) is 4.28. The second-order valence-electron chi connectivity index (χ2n) is 9.51. The minimum Gasteiger partial charge on any atom is -0.454 e. The van der Waals surface area contributed by atoms with Crippen molar-refractivity contribution in [3.05, 3.63) is 101 Å². The summed E-state index contributed by atoms with van der Waals surface area (Å²) >= 11 is 0. The van der Waals surface area contributed by atoms with Gasteiger partial charge < -0.3 is 24.5 Å². The molecule has 4 rings (SSSR count). The lowest BCUT2D eigenvalue weighted by Gasteiger charge is -2.16. The van der Waals surface area contributed by atoms with E-state index in [4.69, 9.17) is 14.2 Å². The lowest BCUT2D eigenvalue weighted by molar-refractivity contribution is -0.138. The lowest BCUT2D eigenvalue weighted by atomic mass is 10.0. The van der Waals surface area contributed by atoms with Gasteiger partial charge in [0.15, 0.2) is 23.6 Å². The van der Waals surface area contributed by atoms with Gasteiger partial charge >= 0.3 is 0 Å². The van der Waals surface area contributed by atoms with Gasteiger partial charge in [0.2, 0.25) is 0 Å². The van der Waals surface area contributed by atoms with Gasteiger partial charge in [-0.15, -0.1) is 0 Å². The van der Waals surface area contributed by atoms with E-state index in [1.807, 2.05) is 20.8 Å². The predicted octanol–water partition coefficient (Wildman–Crippen LogP) is 6.40. The molecule has 2 aromatic carbocycles. The number of nitrogens with zero attached hydrogens (tertiary/aromatic N) is 1. The quantitative estimate of drug-likeness (QED) is 0.133. The fourth-order valence-corrected chi connectivity index (χ4v) is 4.28. The minimum atomic E-state index is -0.665. The molecule has 2 aromatic heterocycles. The number of carbonyl (C=O) groups excluding carboxylic acids is 2. The average molecular weight is 578 g/mol. The number of benzene rings is 2. The summed E-state index contributed by atoms with van der Waals surface area (Å²) in [5.74, 6) is -1.67. The Kier molecular flexibility index (Phi) is 10.5. The van der Waals surface area contributed by atoms with E-state index in [1.165, 1.54) is 24.4 Å². The highest BCUT2D eigenvalue weighted by Gasteiger charge is 2.16. The van der Waals surface area contributed by atoms with Crippen molar-refractivity contribution in [3.63, 3.8) is 0 Å². The molecule has 0 aliphatic rings. The van der Waals surface area contributed by atoms with Crippen LogP contribution in [-0.2, 0) is 15.9 Å². The zero-order chi connectivity index (χ0) is 30.1. The number of hydrogen-bond donors (Lipinski definition) is 2. The van der Waals surface area contributed by atoms with Gasteiger partial charge in [-0.05, 0) is 62.7 Å². The van der Waals surface area contributed by atoms with Crippen LogP contribution in [0.15, 0.2) is 67.0 Å². The molecule has 0 aliphatic carbocycles. The number of rotatable bonds is 14. The second kappa shape index (κ2) is 14.5. The second-order valence-corrected chi connectivity index (χ2v) is 9.51. The number of aromatic nitrogens is 2. The van der Waals surface area contributed by atoms with Crippen LogP contribution >= 0.6 is 0 Å². The number of carbonyl (C=O) groups is 2. The van der Waals surface area contributed by atoms with Crippen LogP contribution in [0.2, 0.25) is 0 Å². The SMILES string of the molecule is CCOC(CCNC(=O)c1c[nH]c(-c2cc(Oc3cc(C(=O)Cc4cc(C)ccc4F)ccc3F)ccn2)c1)OCC. The Morgan fingerprint density at radius 2 is 1.71 bits per heavy atom. The molecule has 220 valence electrons. The molecule has 1 amide bonds. The van der Waals surface area contributed by atoms with E-state index in [-0.39, 0.29) is 47.0 Å². The van der Waals surface area contributed by atoms with E-state index in [0.29, 0.717) is 43.1 Å². The first-order valence-corrected chi connectivity index (χ1v) is 13.7. The molecule has 0 aliphatic heterocycles. The molecule has 0 fully saturated rings. The highest BCUT2D eigenvalue weighted by Crippen LogP contribution is 2.29. The number of ketones is 1. The molecular weight excluding hydrogens is 544 g/mol. The number of Topliss-reactive ketones (excluding diaryl/α,β-unsaturated/α-hetero) is 1. The molecule has 8 nitrogen and oxygen atoms in total. The van der Waals surface area contributed by atoms with E-state index < -0.39 is 11.6 Å². The molecule has 0 unspecified atom stereocenters. The summed E-state index contributed by atoms with van der Waals surface area (Å²) in [7, 11) is 0. The van der Waals surface area contributed by atoms with E-state index in [2.05, 4.69) is 15.3 Å². The number of aromatic amines is 1. The number of hydrogen-bond acceptors (Lipinski definition) is 6. The normalized spacial score (nSPS) is 11.1. The maximum absolute atomic E-state index is 14.6. The monoisotopic (exact) mass is 577 g/mol. The Labute approximate surface area is 243 Å². The standard InChI is InChI=1S/C32H33F2N3O5/c1-4-40-31(41-5-2)11-13-36-32(39)23-15-27(37-19-23)28-18-24(10-12-35-28)42-30-17-21(7-9-26(30)34)29(38)16-22-14-20(3)6-8-25(22)33/h6-10,12,14-15,17-19,31,37H,4-5,11,13,16H2,1-3H3,(H,36,39). The molecule has 0 bridgehead atoms. The van der Waals surface area contributed by atoms with Gasteiger partial charge in [-0.25, -0.2) is 8.78 Å². The van der Waals surface area contributed by atoms with Crippen molar-refractivity contribution in [2.75, 3.05) is 19.8 Å². The molecule has 0 spiro atoms. The number of amides is 1. The highest BCUT2D eigenvalue weighted by molar-refractivity contribution is 5.98. The van der Waals surface area contributed by atoms with E-state index in [0.717, 1.165) is 11.6 Å². The van der Waals surface area contributed by atoms with Crippen molar-refractivity contribution in [2.24, 2.45) is 0 Å². The van der Waals surface area contributed by atoms with E-state index in [1.54, 1.807) is 36.5 Å². The molecule has 2 N–H and O–H groups in total. The van der Waals surface area contributed by atoms with Crippen LogP contribution in [0, 0.1) is 18.6 Å². The largest absolute Gasteiger partial charge is 0.454 e. The number of H-pyrrole nitrogens is 1. The van der Waals surface area contributed by atoms with Crippen molar-refractivity contribution >= 4 is 11.7 Å². The smallest absolute Gasteiger partial charge is 0.252 e. The van der Waals surface area contributed by atoms with Gasteiger partial charge in [-0.3, -0.25) is 14.6 Å². The molecular formula is C32H33F2N3O5. The number of pyridine rings is 1. The Bertz CT molecular complexity index is 1530. The van der Waals surface area contributed by atoms with Gasteiger partial charge in [0, 0.05) is 56.6 Å². The van der Waals surface area contributed by atoms with Gasteiger partial charge in [0.25, 0.3) is 5.91 Å². The van der Waals surface area contributed by atoms with Crippen molar-refractivity contribution in [3.8, 4) is 22.9 Å². The van der Waals surface area contributed by atoms with Crippen LogP contribution in [0.5, 0.6) is 11.5 Å². The Hall–Kier alpha value is -4.41. The number of ether oxygens (including phenoxy) is 3. The Balaban J connectivity index is 1.42. The molecule has 2 heterocycles. The molecule has 0 saturated carbocycles. The van der Waals surface area contributed by atoms with Crippen LogP contribution < -0.4 is 10.1 Å². The van der Waals surface area contributed by atoms with Gasteiger partial charge in [0.1, 0.15) is 11.6 Å². The fraction of sp³-hybridized carbons (Fsp3) is 0.281. The van der Waals surface area contributed by atoms with Crippen LogP contribution in [0.4, 0.5) is 8.78 Å². The summed E-state index contributed by atoms with van der Waals surface area (Å²) in [6.45, 7) is 6.98. The van der Waals surface area contributed by atoms with Crippen molar-refractivity contribution in [2.45, 2.75) is 39.9 Å². The lowest BCUT2D eigenvalue weighted by Crippen LogP contribution is -2.29. The third-order valence-electron chi connectivity index (χ3n) is 6.36.